The molecule has 0 radical (unpaired) electrons. The van der Waals surface area contributed by atoms with Gasteiger partial charge in [0.25, 0.3) is 5.91 Å². The van der Waals surface area contributed by atoms with E-state index in [0.717, 1.165) is 11.4 Å². The number of carbonyl (C=O) groups excluding carboxylic acids is 1. The molecular weight excluding hydrogens is 308 g/mol. The summed E-state index contributed by atoms with van der Waals surface area (Å²) in [5, 5.41) is 3.46. The molecule has 1 aliphatic rings. The van der Waals surface area contributed by atoms with Crippen molar-refractivity contribution in [2.45, 2.75) is 71.9 Å². The molecule has 1 aliphatic carbocycles. The normalized spacial score (nSPS) is 15.5. The summed E-state index contributed by atoms with van der Waals surface area (Å²) in [6, 6.07) is 2.73. The monoisotopic (exact) mass is 336 g/mol. The fourth-order valence-corrected chi connectivity index (χ4v) is 3.67. The highest BCUT2D eigenvalue weighted by Crippen LogP contribution is 2.32. The Labute approximate surface area is 144 Å². The van der Waals surface area contributed by atoms with Gasteiger partial charge in [0, 0.05) is 23.5 Å². The largest absolute Gasteiger partial charge is 0.359 e. The molecule has 1 amide bonds. The van der Waals surface area contributed by atoms with Crippen molar-refractivity contribution < 1.29 is 4.79 Å². The molecular formula is C17H28N4OS. The predicted molar refractivity (Wildman–Crippen MR) is 97.5 cm³/mol. The lowest BCUT2D eigenvalue weighted by Crippen LogP contribution is -2.48. The van der Waals surface area contributed by atoms with Crippen LogP contribution in [0.4, 0.5) is 0 Å². The van der Waals surface area contributed by atoms with Crippen molar-refractivity contribution in [2.75, 3.05) is 0 Å². The zero-order valence-electron chi connectivity index (χ0n) is 14.5. The molecule has 0 atom stereocenters. The molecule has 2 rings (SSSR count). The van der Waals surface area contributed by atoms with Crippen LogP contribution in [0, 0.1) is 13.8 Å². The van der Waals surface area contributed by atoms with Crippen LogP contribution in [0.3, 0.4) is 0 Å². The number of hydrogen-bond acceptors (Lipinski definition) is 2. The third-order valence-electron chi connectivity index (χ3n) is 4.38. The summed E-state index contributed by atoms with van der Waals surface area (Å²) < 4.78 is 2.33. The van der Waals surface area contributed by atoms with Crippen molar-refractivity contribution >= 4 is 23.2 Å². The highest BCUT2D eigenvalue weighted by Gasteiger charge is 2.22. The zero-order valence-corrected chi connectivity index (χ0v) is 15.3. The average molecular weight is 337 g/mol. The van der Waals surface area contributed by atoms with Gasteiger partial charge in [0.1, 0.15) is 0 Å². The van der Waals surface area contributed by atoms with E-state index < -0.39 is 0 Å². The summed E-state index contributed by atoms with van der Waals surface area (Å²) in [5.41, 5.74) is 8.35. The molecule has 0 aromatic carbocycles. The first kappa shape index (κ1) is 17.8. The lowest BCUT2D eigenvalue weighted by molar-refractivity contribution is 0.0942. The first-order valence-electron chi connectivity index (χ1n) is 8.45. The van der Waals surface area contributed by atoms with Crippen molar-refractivity contribution in [1.29, 1.82) is 0 Å². The Hall–Kier alpha value is -1.56. The number of aryl methyl sites for hydroxylation is 1. The van der Waals surface area contributed by atoms with Gasteiger partial charge < -0.3 is 9.88 Å². The van der Waals surface area contributed by atoms with Gasteiger partial charge in [-0.3, -0.25) is 15.6 Å². The Morgan fingerprint density at radius 3 is 2.48 bits per heavy atom. The topological polar surface area (TPSA) is 58.1 Å². The molecule has 1 fully saturated rings. The SMILES string of the molecule is Cc1cc(C(=O)NNC(=S)NC(C)C)c(C)n1C1CCCCC1. The first-order chi connectivity index (χ1) is 10.9. The van der Waals surface area contributed by atoms with Gasteiger partial charge in [-0.1, -0.05) is 19.3 Å². The molecule has 23 heavy (non-hydrogen) atoms. The third-order valence-corrected chi connectivity index (χ3v) is 4.60. The minimum Gasteiger partial charge on any atom is -0.359 e. The standard InChI is InChI=1S/C17H28N4OS/c1-11(2)18-17(23)20-19-16(22)15-10-12(3)21(13(15)4)14-8-6-5-7-9-14/h10-11,14H,5-9H2,1-4H3,(H,19,22)(H2,18,20,23). The van der Waals surface area contributed by atoms with Crippen LogP contribution in [0.25, 0.3) is 0 Å². The highest BCUT2D eigenvalue weighted by molar-refractivity contribution is 7.80. The van der Waals surface area contributed by atoms with Crippen LogP contribution in [0.1, 0.15) is 73.7 Å². The molecule has 0 spiro atoms. The molecule has 0 saturated heterocycles. The van der Waals surface area contributed by atoms with Gasteiger partial charge in [-0.25, -0.2) is 0 Å². The fourth-order valence-electron chi connectivity index (χ4n) is 3.39. The number of carbonyl (C=O) groups is 1. The van der Waals surface area contributed by atoms with E-state index in [1.165, 1.54) is 32.1 Å². The number of thiocarbonyl (C=S) groups is 1. The van der Waals surface area contributed by atoms with E-state index >= 15 is 0 Å². The molecule has 1 saturated carbocycles. The minimum atomic E-state index is -0.145. The number of nitrogens with zero attached hydrogens (tertiary/aromatic N) is 1. The van der Waals surface area contributed by atoms with Crippen molar-refractivity contribution in [2.24, 2.45) is 0 Å². The number of rotatable bonds is 3. The van der Waals surface area contributed by atoms with Gasteiger partial charge in [-0.15, -0.1) is 0 Å². The Morgan fingerprint density at radius 1 is 1.22 bits per heavy atom. The molecule has 0 bridgehead atoms. The predicted octanol–water partition coefficient (Wildman–Crippen LogP) is 3.13. The third kappa shape index (κ3) is 4.47. The number of nitrogens with one attached hydrogen (secondary N) is 3. The summed E-state index contributed by atoms with van der Waals surface area (Å²) in [4.78, 5) is 12.4. The van der Waals surface area contributed by atoms with E-state index in [0.29, 0.717) is 16.7 Å². The Balaban J connectivity index is 2.05. The summed E-state index contributed by atoms with van der Waals surface area (Å²) in [6.07, 6.45) is 6.30. The molecule has 5 nitrogen and oxygen atoms in total. The molecule has 1 aromatic heterocycles. The average Bonchev–Trinajstić information content (AvgIpc) is 2.80. The second kappa shape index (κ2) is 7.81. The van der Waals surface area contributed by atoms with Crippen molar-refractivity contribution in [3.8, 4) is 0 Å². The van der Waals surface area contributed by atoms with E-state index in [-0.39, 0.29) is 11.9 Å². The highest BCUT2D eigenvalue weighted by atomic mass is 32.1. The molecule has 1 aromatic rings. The van der Waals surface area contributed by atoms with Crippen LogP contribution in [0.5, 0.6) is 0 Å². The number of hydrazine groups is 1. The van der Waals surface area contributed by atoms with Gasteiger partial charge >= 0.3 is 0 Å². The molecule has 6 heteroatoms. The van der Waals surface area contributed by atoms with Crippen LogP contribution < -0.4 is 16.2 Å². The van der Waals surface area contributed by atoms with Crippen LogP contribution in [-0.4, -0.2) is 21.6 Å². The number of hydrogen-bond donors (Lipinski definition) is 3. The van der Waals surface area contributed by atoms with E-state index in [1.54, 1.807) is 0 Å². The lowest BCUT2D eigenvalue weighted by atomic mass is 9.95. The van der Waals surface area contributed by atoms with E-state index in [4.69, 9.17) is 12.2 Å². The van der Waals surface area contributed by atoms with Gasteiger partial charge in [-0.05, 0) is 58.8 Å². The van der Waals surface area contributed by atoms with Gasteiger partial charge in [0.2, 0.25) is 0 Å². The summed E-state index contributed by atoms with van der Waals surface area (Å²) in [6.45, 7) is 8.10. The Kier molecular flexibility index (Phi) is 6.04. The van der Waals surface area contributed by atoms with Gasteiger partial charge in [0.15, 0.2) is 5.11 Å². The van der Waals surface area contributed by atoms with Gasteiger partial charge in [-0.2, -0.15) is 0 Å². The molecule has 128 valence electrons. The van der Waals surface area contributed by atoms with Gasteiger partial charge in [0.05, 0.1) is 5.56 Å². The summed E-state index contributed by atoms with van der Waals surface area (Å²) in [7, 11) is 0. The smallest absolute Gasteiger partial charge is 0.271 e. The lowest BCUT2D eigenvalue weighted by Gasteiger charge is -2.26. The zero-order chi connectivity index (χ0) is 17.0. The maximum atomic E-state index is 12.4. The van der Waals surface area contributed by atoms with Crippen LogP contribution in [-0.2, 0) is 0 Å². The minimum absolute atomic E-state index is 0.145. The number of amides is 1. The van der Waals surface area contributed by atoms with E-state index in [9.17, 15) is 4.79 Å². The molecule has 3 N–H and O–H groups in total. The Morgan fingerprint density at radius 2 is 1.87 bits per heavy atom. The van der Waals surface area contributed by atoms with Crippen molar-refractivity contribution in [3.63, 3.8) is 0 Å². The molecule has 0 unspecified atom stereocenters. The maximum Gasteiger partial charge on any atom is 0.271 e. The van der Waals surface area contributed by atoms with E-state index in [1.807, 2.05) is 26.8 Å². The second-order valence-electron chi connectivity index (χ2n) is 6.65. The van der Waals surface area contributed by atoms with Crippen LogP contribution in [0.2, 0.25) is 0 Å². The summed E-state index contributed by atoms with van der Waals surface area (Å²) >= 11 is 5.12. The van der Waals surface area contributed by atoms with Crippen LogP contribution in [0.15, 0.2) is 6.07 Å². The molecule has 0 aliphatic heterocycles. The van der Waals surface area contributed by atoms with Crippen LogP contribution >= 0.6 is 12.2 Å². The fraction of sp³-hybridized carbons (Fsp3) is 0.647. The van der Waals surface area contributed by atoms with Crippen molar-refractivity contribution in [1.82, 2.24) is 20.7 Å². The van der Waals surface area contributed by atoms with Crippen molar-refractivity contribution in [3.05, 3.63) is 23.0 Å². The second-order valence-corrected chi connectivity index (χ2v) is 7.06. The number of aromatic nitrogens is 1. The molecule has 1 heterocycles. The Bertz CT molecular complexity index is 573. The summed E-state index contributed by atoms with van der Waals surface area (Å²) in [5.74, 6) is -0.145. The first-order valence-corrected chi connectivity index (χ1v) is 8.86. The van der Waals surface area contributed by atoms with E-state index in [2.05, 4.69) is 27.7 Å². The maximum absolute atomic E-state index is 12.4. The quantitative estimate of drug-likeness (QED) is 0.586.